The molecule has 194 valence electrons. The molecule has 1 fully saturated rings. The Morgan fingerprint density at radius 3 is 2.62 bits per heavy atom. The van der Waals surface area contributed by atoms with Crippen molar-refractivity contribution in [1.82, 2.24) is 40.0 Å². The number of hydrogen-bond acceptors (Lipinski definition) is 8. The van der Waals surface area contributed by atoms with Crippen LogP contribution in [-0.2, 0) is 12.1 Å². The zero-order valence-corrected chi connectivity index (χ0v) is 21.9. The molecule has 37 heavy (non-hydrogen) atoms. The zero-order valence-electron chi connectivity index (χ0n) is 21.9. The molecule has 1 saturated heterocycles. The summed E-state index contributed by atoms with van der Waals surface area (Å²) >= 11 is 0. The summed E-state index contributed by atoms with van der Waals surface area (Å²) in [5, 5.41) is 13.8. The van der Waals surface area contributed by atoms with E-state index in [1.165, 1.54) is 0 Å². The summed E-state index contributed by atoms with van der Waals surface area (Å²) in [4.78, 5) is 25.8. The van der Waals surface area contributed by atoms with Crippen molar-refractivity contribution in [3.63, 3.8) is 0 Å². The molecule has 3 aromatic heterocycles. The standard InChI is InChI=1S/C27H34N8O2/c1-5-27(2,3)35-25(30-31-32-35)24(22-17-19-16-21(37-4)9-10-23(19)29-26(22)36)34-14-12-33(13-15-34)18-20-8-6-7-11-28-20/h6-11,16-17,24H,5,12-15,18H2,1-4H3,(H,29,36)/t24-/m1/s1. The highest BCUT2D eigenvalue weighted by atomic mass is 16.5. The van der Waals surface area contributed by atoms with Crippen molar-refractivity contribution in [3.8, 4) is 5.75 Å². The maximum Gasteiger partial charge on any atom is 0.253 e. The lowest BCUT2D eigenvalue weighted by molar-refractivity contribution is 0.0961. The van der Waals surface area contributed by atoms with Gasteiger partial charge in [0.2, 0.25) is 0 Å². The number of piperazine rings is 1. The van der Waals surface area contributed by atoms with Crippen LogP contribution in [0.15, 0.2) is 53.5 Å². The number of aromatic nitrogens is 6. The first-order valence-electron chi connectivity index (χ1n) is 12.8. The predicted molar refractivity (Wildman–Crippen MR) is 141 cm³/mol. The van der Waals surface area contributed by atoms with Gasteiger partial charge in [-0.3, -0.25) is 19.6 Å². The average Bonchev–Trinajstić information content (AvgIpc) is 3.41. The summed E-state index contributed by atoms with van der Waals surface area (Å²) < 4.78 is 7.31. The zero-order chi connectivity index (χ0) is 26.0. The first-order chi connectivity index (χ1) is 17.9. The molecule has 1 atom stereocenters. The number of pyridine rings is 2. The SMILES string of the molecule is CCC(C)(C)n1nnnc1[C@@H](c1cc2cc(OC)ccc2[nH]c1=O)N1CCN(Cc2ccccn2)CC1. The lowest BCUT2D eigenvalue weighted by atomic mass is 9.99. The molecule has 4 heterocycles. The summed E-state index contributed by atoms with van der Waals surface area (Å²) in [6, 6.07) is 13.2. The number of tetrazole rings is 1. The second-order valence-corrected chi connectivity index (χ2v) is 10.2. The minimum Gasteiger partial charge on any atom is -0.497 e. The van der Waals surface area contributed by atoms with Crippen LogP contribution in [0.1, 0.15) is 50.3 Å². The van der Waals surface area contributed by atoms with Crippen LogP contribution in [0.2, 0.25) is 0 Å². The van der Waals surface area contributed by atoms with Crippen molar-refractivity contribution in [3.05, 3.63) is 76.1 Å². The largest absolute Gasteiger partial charge is 0.497 e. The third-order valence-electron chi connectivity index (χ3n) is 7.44. The maximum absolute atomic E-state index is 13.5. The monoisotopic (exact) mass is 502 g/mol. The van der Waals surface area contributed by atoms with Crippen molar-refractivity contribution in [2.75, 3.05) is 33.3 Å². The Labute approximate surface area is 216 Å². The molecule has 0 bridgehead atoms. The molecule has 1 aliphatic heterocycles. The van der Waals surface area contributed by atoms with Crippen LogP contribution >= 0.6 is 0 Å². The summed E-state index contributed by atoms with van der Waals surface area (Å²) in [7, 11) is 1.64. The molecule has 1 aromatic carbocycles. The Kier molecular flexibility index (Phi) is 7.03. The van der Waals surface area contributed by atoms with Crippen molar-refractivity contribution >= 4 is 10.9 Å². The number of hydrogen-bond donors (Lipinski definition) is 1. The molecule has 1 N–H and O–H groups in total. The minimum atomic E-state index is -0.392. The van der Waals surface area contributed by atoms with Gasteiger partial charge in [-0.15, -0.1) is 5.10 Å². The first-order valence-corrected chi connectivity index (χ1v) is 12.8. The lowest BCUT2D eigenvalue weighted by Gasteiger charge is -2.39. The van der Waals surface area contributed by atoms with Gasteiger partial charge in [-0.2, -0.15) is 0 Å². The van der Waals surface area contributed by atoms with Crippen molar-refractivity contribution in [2.45, 2.75) is 45.3 Å². The number of methoxy groups -OCH3 is 1. The molecule has 1 aliphatic rings. The smallest absolute Gasteiger partial charge is 0.253 e. The second kappa shape index (κ2) is 10.4. The van der Waals surface area contributed by atoms with Crippen LogP contribution in [0.3, 0.4) is 0 Å². The molecule has 4 aromatic rings. The van der Waals surface area contributed by atoms with Crippen LogP contribution in [0, 0.1) is 0 Å². The van der Waals surface area contributed by atoms with Gasteiger partial charge < -0.3 is 9.72 Å². The van der Waals surface area contributed by atoms with Gasteiger partial charge >= 0.3 is 0 Å². The van der Waals surface area contributed by atoms with E-state index >= 15 is 0 Å². The number of fused-ring (bicyclic) bond motifs is 1. The molecule has 5 rings (SSSR count). The molecule has 0 amide bonds. The van der Waals surface area contributed by atoms with Gasteiger partial charge in [0.1, 0.15) is 11.8 Å². The second-order valence-electron chi connectivity index (χ2n) is 10.2. The molecule has 0 saturated carbocycles. The van der Waals surface area contributed by atoms with E-state index in [0.717, 1.165) is 61.5 Å². The third-order valence-corrected chi connectivity index (χ3v) is 7.44. The Hall–Kier alpha value is -3.63. The minimum absolute atomic E-state index is 0.137. The Balaban J connectivity index is 1.53. The fourth-order valence-electron chi connectivity index (χ4n) is 4.88. The van der Waals surface area contributed by atoms with E-state index in [1.807, 2.05) is 47.3 Å². The van der Waals surface area contributed by atoms with Gasteiger partial charge in [0.15, 0.2) is 5.82 Å². The highest BCUT2D eigenvalue weighted by Crippen LogP contribution is 2.31. The number of nitrogens with one attached hydrogen (secondary N) is 1. The normalized spacial score (nSPS) is 16.2. The van der Waals surface area contributed by atoms with Crippen LogP contribution < -0.4 is 10.3 Å². The Morgan fingerprint density at radius 2 is 1.92 bits per heavy atom. The molecular formula is C27H34N8O2. The van der Waals surface area contributed by atoms with E-state index in [0.29, 0.717) is 11.4 Å². The average molecular weight is 503 g/mol. The number of benzene rings is 1. The van der Waals surface area contributed by atoms with E-state index in [2.05, 4.69) is 62.1 Å². The quantitative estimate of drug-likeness (QED) is 0.392. The number of rotatable bonds is 8. The predicted octanol–water partition coefficient (Wildman–Crippen LogP) is 2.97. The third kappa shape index (κ3) is 5.12. The van der Waals surface area contributed by atoms with Crippen molar-refractivity contribution < 1.29 is 4.74 Å². The Bertz CT molecular complexity index is 1410. The number of aromatic amines is 1. The van der Waals surface area contributed by atoms with Gasteiger partial charge in [0.25, 0.3) is 5.56 Å². The van der Waals surface area contributed by atoms with Crippen molar-refractivity contribution in [1.29, 1.82) is 0 Å². The van der Waals surface area contributed by atoms with Crippen LogP contribution in [0.25, 0.3) is 10.9 Å². The van der Waals surface area contributed by atoms with Crippen molar-refractivity contribution in [2.24, 2.45) is 0 Å². The summed E-state index contributed by atoms with van der Waals surface area (Å²) in [5.74, 6) is 1.42. The van der Waals surface area contributed by atoms with Gasteiger partial charge in [-0.05, 0) is 67.1 Å². The lowest BCUT2D eigenvalue weighted by Crippen LogP contribution is -2.49. The van der Waals surface area contributed by atoms with E-state index < -0.39 is 6.04 Å². The number of ether oxygens (including phenoxy) is 1. The highest BCUT2D eigenvalue weighted by molar-refractivity contribution is 5.80. The van der Waals surface area contributed by atoms with E-state index in [9.17, 15) is 4.79 Å². The highest BCUT2D eigenvalue weighted by Gasteiger charge is 2.35. The van der Waals surface area contributed by atoms with Crippen LogP contribution in [0.4, 0.5) is 0 Å². The van der Waals surface area contributed by atoms with E-state index in [4.69, 9.17) is 4.74 Å². The Morgan fingerprint density at radius 1 is 1.11 bits per heavy atom. The molecule has 0 spiro atoms. The molecule has 0 radical (unpaired) electrons. The van der Waals surface area contributed by atoms with E-state index in [-0.39, 0.29) is 11.1 Å². The molecule has 10 nitrogen and oxygen atoms in total. The van der Waals surface area contributed by atoms with Crippen LogP contribution in [-0.4, -0.2) is 73.3 Å². The molecule has 0 aliphatic carbocycles. The van der Waals surface area contributed by atoms with Gasteiger partial charge in [0, 0.05) is 55.4 Å². The van der Waals surface area contributed by atoms with Gasteiger partial charge in [-0.1, -0.05) is 13.0 Å². The topological polar surface area (TPSA) is 105 Å². The summed E-state index contributed by atoms with van der Waals surface area (Å²) in [6.45, 7) is 10.4. The molecule has 10 heteroatoms. The fourth-order valence-corrected chi connectivity index (χ4v) is 4.88. The van der Waals surface area contributed by atoms with E-state index in [1.54, 1.807) is 7.11 Å². The summed E-state index contributed by atoms with van der Waals surface area (Å²) in [6.07, 6.45) is 2.68. The fraction of sp³-hybridized carbons (Fsp3) is 0.444. The maximum atomic E-state index is 13.5. The molecule has 0 unspecified atom stereocenters. The number of H-pyrrole nitrogens is 1. The van der Waals surface area contributed by atoms with Crippen LogP contribution in [0.5, 0.6) is 5.75 Å². The van der Waals surface area contributed by atoms with Gasteiger partial charge in [-0.25, -0.2) is 4.68 Å². The first kappa shape index (κ1) is 25.0. The van der Waals surface area contributed by atoms with Gasteiger partial charge in [0.05, 0.1) is 18.3 Å². The molecular weight excluding hydrogens is 468 g/mol. The number of nitrogens with zero attached hydrogens (tertiary/aromatic N) is 7. The summed E-state index contributed by atoms with van der Waals surface area (Å²) in [5.41, 5.74) is 2.01.